The van der Waals surface area contributed by atoms with Crippen LogP contribution in [0.25, 0.3) is 0 Å². The standard InChI is InChI=1S/C45H93NO6/c1-4-7-10-13-16-19-22-25-28-31-34-50-40-43(47)37-46(38-44(48)41-51-35-32-29-26-23-20-17-14-11-8-5-2)39-45(49)42-52-36-33-30-27-24-21-18-15-12-9-6-3/h43-45,47-49H,4-42H2,1-3H3. The predicted octanol–water partition coefficient (Wildman–Crippen LogP) is 11.2. The van der Waals surface area contributed by atoms with Gasteiger partial charge in [-0.25, -0.2) is 0 Å². The van der Waals surface area contributed by atoms with E-state index in [1.807, 2.05) is 4.90 Å². The largest absolute Gasteiger partial charge is 0.389 e. The minimum Gasteiger partial charge on any atom is -0.389 e. The van der Waals surface area contributed by atoms with E-state index in [4.69, 9.17) is 14.2 Å². The van der Waals surface area contributed by atoms with Gasteiger partial charge < -0.3 is 29.5 Å². The first kappa shape index (κ1) is 51.7. The fourth-order valence-corrected chi connectivity index (χ4v) is 7.01. The second kappa shape index (κ2) is 43.4. The molecule has 3 unspecified atom stereocenters. The number of aliphatic hydroxyl groups is 3. The Balaban J connectivity index is 4.32. The highest BCUT2D eigenvalue weighted by molar-refractivity contribution is 4.72. The number of hydrogen-bond acceptors (Lipinski definition) is 7. The number of hydrogen-bond donors (Lipinski definition) is 3. The lowest BCUT2D eigenvalue weighted by molar-refractivity contribution is -0.0328. The summed E-state index contributed by atoms with van der Waals surface area (Å²) in [5.74, 6) is 0. The fourth-order valence-electron chi connectivity index (χ4n) is 7.01. The third-order valence-corrected chi connectivity index (χ3v) is 10.3. The Bertz CT molecular complexity index is 570. The average Bonchev–Trinajstić information content (AvgIpc) is 3.13. The number of ether oxygens (including phenoxy) is 3. The molecule has 0 saturated heterocycles. The molecule has 0 radical (unpaired) electrons. The van der Waals surface area contributed by atoms with Crippen molar-refractivity contribution >= 4 is 0 Å². The van der Waals surface area contributed by atoms with Crippen molar-refractivity contribution in [2.24, 2.45) is 0 Å². The third kappa shape index (κ3) is 40.9. The summed E-state index contributed by atoms with van der Waals surface area (Å²) in [6.07, 6.45) is 36.6. The van der Waals surface area contributed by atoms with E-state index < -0.39 is 18.3 Å². The highest BCUT2D eigenvalue weighted by Gasteiger charge is 2.19. The molecule has 0 bridgehead atoms. The van der Waals surface area contributed by atoms with Crippen LogP contribution >= 0.6 is 0 Å². The second-order valence-corrected chi connectivity index (χ2v) is 16.0. The van der Waals surface area contributed by atoms with Crippen LogP contribution in [0.15, 0.2) is 0 Å². The molecule has 7 heteroatoms. The highest BCUT2D eigenvalue weighted by atomic mass is 16.5. The van der Waals surface area contributed by atoms with Crippen molar-refractivity contribution in [1.82, 2.24) is 4.90 Å². The van der Waals surface area contributed by atoms with Gasteiger partial charge in [0.05, 0.1) is 38.1 Å². The summed E-state index contributed by atoms with van der Waals surface area (Å²) in [7, 11) is 0. The van der Waals surface area contributed by atoms with Crippen molar-refractivity contribution in [3.05, 3.63) is 0 Å². The molecule has 0 rings (SSSR count). The smallest absolute Gasteiger partial charge is 0.0900 e. The molecule has 0 aromatic rings. The molecule has 7 nitrogen and oxygen atoms in total. The topological polar surface area (TPSA) is 91.6 Å². The fraction of sp³-hybridized carbons (Fsp3) is 1.00. The normalized spacial score (nSPS) is 13.7. The van der Waals surface area contributed by atoms with E-state index in [0.29, 0.717) is 39.5 Å². The molecule has 3 atom stereocenters. The first-order valence-corrected chi connectivity index (χ1v) is 23.0. The monoisotopic (exact) mass is 744 g/mol. The Labute approximate surface area is 324 Å². The van der Waals surface area contributed by atoms with Gasteiger partial charge in [-0.3, -0.25) is 4.90 Å². The van der Waals surface area contributed by atoms with E-state index in [-0.39, 0.29) is 19.8 Å². The molecule has 0 heterocycles. The summed E-state index contributed by atoms with van der Waals surface area (Å²) in [6, 6.07) is 0. The van der Waals surface area contributed by atoms with Crippen molar-refractivity contribution in [3.63, 3.8) is 0 Å². The summed E-state index contributed by atoms with van der Waals surface area (Å²) in [5.41, 5.74) is 0. The predicted molar refractivity (Wildman–Crippen MR) is 222 cm³/mol. The van der Waals surface area contributed by atoms with E-state index in [1.165, 1.54) is 173 Å². The third-order valence-electron chi connectivity index (χ3n) is 10.3. The molecule has 0 aliphatic rings. The van der Waals surface area contributed by atoms with E-state index in [2.05, 4.69) is 20.8 Å². The molecule has 0 fully saturated rings. The molecule has 0 aliphatic carbocycles. The number of aliphatic hydroxyl groups excluding tert-OH is 3. The molecular weight excluding hydrogens is 650 g/mol. The van der Waals surface area contributed by atoms with Crippen molar-refractivity contribution in [3.8, 4) is 0 Å². The molecule has 0 saturated carbocycles. The van der Waals surface area contributed by atoms with E-state index >= 15 is 0 Å². The first-order chi connectivity index (χ1) is 25.5. The lowest BCUT2D eigenvalue weighted by Gasteiger charge is -2.29. The van der Waals surface area contributed by atoms with Crippen molar-refractivity contribution in [2.45, 2.75) is 232 Å². The summed E-state index contributed by atoms with van der Waals surface area (Å²) in [6.45, 7) is 10.6. The van der Waals surface area contributed by atoms with Crippen LogP contribution < -0.4 is 0 Å². The zero-order valence-electron chi connectivity index (χ0n) is 35.3. The summed E-state index contributed by atoms with van der Waals surface area (Å²) in [5, 5.41) is 32.4. The minimum absolute atomic E-state index is 0.268. The molecule has 0 aliphatic heterocycles. The average molecular weight is 744 g/mol. The highest BCUT2D eigenvalue weighted by Crippen LogP contribution is 2.13. The Morgan fingerprint density at radius 1 is 0.308 bits per heavy atom. The van der Waals surface area contributed by atoms with Crippen LogP contribution in [0, 0.1) is 0 Å². The SMILES string of the molecule is CCCCCCCCCCCCOCC(O)CN(CC(O)COCCCCCCCCCCCC)CC(O)COCCCCCCCCCCCC. The van der Waals surface area contributed by atoms with Gasteiger partial charge in [0.15, 0.2) is 0 Å². The minimum atomic E-state index is -0.678. The van der Waals surface area contributed by atoms with Gasteiger partial charge in [-0.05, 0) is 19.3 Å². The quantitative estimate of drug-likeness (QED) is 0.0535. The van der Waals surface area contributed by atoms with E-state index in [0.717, 1.165) is 19.3 Å². The molecule has 0 spiro atoms. The maximum atomic E-state index is 10.8. The van der Waals surface area contributed by atoms with Crippen LogP contribution in [0.2, 0.25) is 0 Å². The summed E-state index contributed by atoms with van der Waals surface area (Å²) >= 11 is 0. The number of rotatable bonds is 45. The van der Waals surface area contributed by atoms with E-state index in [1.54, 1.807) is 0 Å². The van der Waals surface area contributed by atoms with Crippen LogP contribution in [-0.4, -0.2) is 97.8 Å². The van der Waals surface area contributed by atoms with Gasteiger partial charge in [-0.15, -0.1) is 0 Å². The number of unbranched alkanes of at least 4 members (excludes halogenated alkanes) is 27. The van der Waals surface area contributed by atoms with Gasteiger partial charge in [0.2, 0.25) is 0 Å². The molecule has 3 N–H and O–H groups in total. The lowest BCUT2D eigenvalue weighted by atomic mass is 10.1. The Morgan fingerprint density at radius 2 is 0.500 bits per heavy atom. The van der Waals surface area contributed by atoms with E-state index in [9.17, 15) is 15.3 Å². The molecule has 0 aromatic carbocycles. The molecular formula is C45H93NO6. The molecule has 314 valence electrons. The molecule has 0 amide bonds. The lowest BCUT2D eigenvalue weighted by Crippen LogP contribution is -2.45. The Kier molecular flexibility index (Phi) is 43.2. The van der Waals surface area contributed by atoms with Gasteiger partial charge in [0, 0.05) is 39.5 Å². The molecule has 0 aromatic heterocycles. The van der Waals surface area contributed by atoms with Gasteiger partial charge in [0.1, 0.15) is 0 Å². The van der Waals surface area contributed by atoms with Gasteiger partial charge in [-0.1, -0.05) is 194 Å². The van der Waals surface area contributed by atoms with Gasteiger partial charge in [0.25, 0.3) is 0 Å². The van der Waals surface area contributed by atoms with Crippen molar-refractivity contribution in [1.29, 1.82) is 0 Å². The number of nitrogens with zero attached hydrogens (tertiary/aromatic N) is 1. The molecule has 52 heavy (non-hydrogen) atoms. The maximum Gasteiger partial charge on any atom is 0.0900 e. The maximum absolute atomic E-state index is 10.8. The second-order valence-electron chi connectivity index (χ2n) is 16.0. The van der Waals surface area contributed by atoms with Crippen LogP contribution in [0.1, 0.15) is 213 Å². The first-order valence-electron chi connectivity index (χ1n) is 23.0. The van der Waals surface area contributed by atoms with Gasteiger partial charge >= 0.3 is 0 Å². The Hall–Kier alpha value is -0.280. The van der Waals surface area contributed by atoms with Crippen LogP contribution in [0.5, 0.6) is 0 Å². The van der Waals surface area contributed by atoms with Crippen LogP contribution in [-0.2, 0) is 14.2 Å². The van der Waals surface area contributed by atoms with Crippen molar-refractivity contribution in [2.75, 3.05) is 59.3 Å². The Morgan fingerprint density at radius 3 is 0.712 bits per heavy atom. The van der Waals surface area contributed by atoms with Gasteiger partial charge in [-0.2, -0.15) is 0 Å². The summed E-state index contributed by atoms with van der Waals surface area (Å²) in [4.78, 5) is 1.94. The van der Waals surface area contributed by atoms with Crippen LogP contribution in [0.3, 0.4) is 0 Å². The van der Waals surface area contributed by atoms with Crippen molar-refractivity contribution < 1.29 is 29.5 Å². The van der Waals surface area contributed by atoms with Crippen LogP contribution in [0.4, 0.5) is 0 Å². The zero-order valence-corrected chi connectivity index (χ0v) is 35.3. The zero-order chi connectivity index (χ0) is 38.0. The summed E-state index contributed by atoms with van der Waals surface area (Å²) < 4.78 is 17.5.